The number of hydrogen-bond acceptors (Lipinski definition) is 3. The predicted molar refractivity (Wildman–Crippen MR) is 93.0 cm³/mol. The molecule has 0 radical (unpaired) electrons. The van der Waals surface area contributed by atoms with E-state index in [1.54, 1.807) is 36.1 Å². The maximum absolute atomic E-state index is 13.5. The lowest BCUT2D eigenvalue weighted by Crippen LogP contribution is -2.37. The van der Waals surface area contributed by atoms with Crippen LogP contribution in [0.5, 0.6) is 5.75 Å². The summed E-state index contributed by atoms with van der Waals surface area (Å²) in [5.41, 5.74) is 1.55. The summed E-state index contributed by atoms with van der Waals surface area (Å²) in [5.74, 6) is -0.368. The summed E-state index contributed by atoms with van der Waals surface area (Å²) < 4.78 is 19.2. The molecule has 1 aliphatic rings. The molecule has 2 aromatic carbocycles. The summed E-state index contributed by atoms with van der Waals surface area (Å²) in [6.45, 7) is 3.07. The van der Waals surface area contributed by atoms with Gasteiger partial charge in [0.2, 0.25) is 0 Å². The molecule has 1 heterocycles. The van der Waals surface area contributed by atoms with Gasteiger partial charge < -0.3 is 14.7 Å². The molecule has 1 N–H and O–H groups in total. The van der Waals surface area contributed by atoms with Crippen molar-refractivity contribution in [3.8, 4) is 5.75 Å². The van der Waals surface area contributed by atoms with Gasteiger partial charge in [-0.15, -0.1) is 0 Å². The van der Waals surface area contributed by atoms with Crippen LogP contribution in [0.15, 0.2) is 42.5 Å². The van der Waals surface area contributed by atoms with Crippen molar-refractivity contribution in [2.24, 2.45) is 0 Å². The Bertz CT molecular complexity index is 756. The van der Waals surface area contributed by atoms with E-state index in [0.29, 0.717) is 29.8 Å². The van der Waals surface area contributed by atoms with Gasteiger partial charge in [0, 0.05) is 30.8 Å². The van der Waals surface area contributed by atoms with Crippen LogP contribution in [0.4, 0.5) is 4.39 Å². The number of aromatic hydroxyl groups is 1. The molecule has 3 rings (SSSR count). The number of rotatable bonds is 5. The Morgan fingerprint density at radius 3 is 2.80 bits per heavy atom. The molecule has 1 amide bonds. The van der Waals surface area contributed by atoms with Crippen LogP contribution in [0.25, 0.3) is 0 Å². The van der Waals surface area contributed by atoms with Gasteiger partial charge in [0.15, 0.2) is 0 Å². The van der Waals surface area contributed by atoms with E-state index in [1.807, 2.05) is 6.07 Å². The molecule has 25 heavy (non-hydrogen) atoms. The highest BCUT2D eigenvalue weighted by molar-refractivity contribution is 5.94. The first-order chi connectivity index (χ1) is 12.0. The van der Waals surface area contributed by atoms with Crippen LogP contribution in [0, 0.1) is 12.7 Å². The van der Waals surface area contributed by atoms with Crippen LogP contribution in [0.2, 0.25) is 0 Å². The second-order valence-corrected chi connectivity index (χ2v) is 6.41. The van der Waals surface area contributed by atoms with E-state index in [4.69, 9.17) is 4.74 Å². The number of para-hydroxylation sites is 1. The third kappa shape index (κ3) is 4.17. The SMILES string of the molecule is Cc1cc(C(=O)N(Cc2ccccc2O)CC2CCCO2)ccc1F. The topological polar surface area (TPSA) is 49.8 Å². The number of aryl methyl sites for hydroxylation is 1. The summed E-state index contributed by atoms with van der Waals surface area (Å²) in [7, 11) is 0. The predicted octanol–water partition coefficient (Wildman–Crippen LogP) is 3.66. The highest BCUT2D eigenvalue weighted by Gasteiger charge is 2.24. The highest BCUT2D eigenvalue weighted by atomic mass is 19.1. The fourth-order valence-corrected chi connectivity index (χ4v) is 3.06. The van der Waals surface area contributed by atoms with Gasteiger partial charge in [-0.3, -0.25) is 4.79 Å². The third-order valence-corrected chi connectivity index (χ3v) is 4.49. The van der Waals surface area contributed by atoms with E-state index in [0.717, 1.165) is 12.8 Å². The molecule has 4 nitrogen and oxygen atoms in total. The number of halogens is 1. The van der Waals surface area contributed by atoms with Crippen LogP contribution in [-0.4, -0.2) is 35.2 Å². The molecule has 2 aromatic rings. The Hall–Kier alpha value is -2.40. The fourth-order valence-electron chi connectivity index (χ4n) is 3.06. The zero-order chi connectivity index (χ0) is 17.8. The minimum Gasteiger partial charge on any atom is -0.508 e. The van der Waals surface area contributed by atoms with Crippen LogP contribution in [0.1, 0.15) is 34.3 Å². The Labute approximate surface area is 146 Å². The fraction of sp³-hybridized carbons (Fsp3) is 0.350. The van der Waals surface area contributed by atoms with Gasteiger partial charge in [-0.1, -0.05) is 18.2 Å². The van der Waals surface area contributed by atoms with Crippen LogP contribution in [0.3, 0.4) is 0 Å². The normalized spacial score (nSPS) is 16.8. The maximum atomic E-state index is 13.5. The number of ether oxygens (including phenoxy) is 1. The minimum absolute atomic E-state index is 0.00338. The van der Waals surface area contributed by atoms with Crippen molar-refractivity contribution >= 4 is 5.91 Å². The van der Waals surface area contributed by atoms with E-state index >= 15 is 0 Å². The summed E-state index contributed by atoms with van der Waals surface area (Å²) in [6.07, 6.45) is 1.89. The number of hydrogen-bond donors (Lipinski definition) is 1. The zero-order valence-corrected chi connectivity index (χ0v) is 14.2. The monoisotopic (exact) mass is 343 g/mol. The molecule has 0 bridgehead atoms. The van der Waals surface area contributed by atoms with Crippen molar-refractivity contribution in [2.75, 3.05) is 13.2 Å². The molecule has 0 saturated carbocycles. The van der Waals surface area contributed by atoms with Crippen molar-refractivity contribution in [2.45, 2.75) is 32.4 Å². The molecule has 132 valence electrons. The van der Waals surface area contributed by atoms with Gasteiger partial charge in [-0.2, -0.15) is 0 Å². The molecule has 1 saturated heterocycles. The highest BCUT2D eigenvalue weighted by Crippen LogP contribution is 2.22. The number of carbonyl (C=O) groups is 1. The van der Waals surface area contributed by atoms with Crippen molar-refractivity contribution in [3.63, 3.8) is 0 Å². The number of carbonyl (C=O) groups excluding carboxylic acids is 1. The average molecular weight is 343 g/mol. The summed E-state index contributed by atoms with van der Waals surface area (Å²) in [6, 6.07) is 11.3. The van der Waals surface area contributed by atoms with Gasteiger partial charge in [0.1, 0.15) is 11.6 Å². The molecule has 1 atom stereocenters. The Morgan fingerprint density at radius 1 is 1.32 bits per heavy atom. The Balaban J connectivity index is 1.85. The van der Waals surface area contributed by atoms with Gasteiger partial charge in [-0.05, 0) is 49.6 Å². The van der Waals surface area contributed by atoms with E-state index in [-0.39, 0.29) is 30.1 Å². The summed E-state index contributed by atoms with van der Waals surface area (Å²) >= 11 is 0. The molecule has 1 aliphatic heterocycles. The van der Waals surface area contributed by atoms with E-state index in [1.165, 1.54) is 12.1 Å². The van der Waals surface area contributed by atoms with Gasteiger partial charge in [0.25, 0.3) is 5.91 Å². The van der Waals surface area contributed by atoms with Gasteiger partial charge in [-0.25, -0.2) is 4.39 Å². The van der Waals surface area contributed by atoms with E-state index < -0.39 is 0 Å². The number of nitrogens with zero attached hydrogens (tertiary/aromatic N) is 1. The molecule has 0 aliphatic carbocycles. The molecular weight excluding hydrogens is 321 g/mol. The van der Waals surface area contributed by atoms with Crippen molar-refractivity contribution in [3.05, 3.63) is 65.0 Å². The second-order valence-electron chi connectivity index (χ2n) is 6.41. The van der Waals surface area contributed by atoms with Crippen LogP contribution in [-0.2, 0) is 11.3 Å². The largest absolute Gasteiger partial charge is 0.508 e. The van der Waals surface area contributed by atoms with E-state index in [9.17, 15) is 14.3 Å². The standard InChI is InChI=1S/C20H22FNO3/c1-14-11-15(8-9-18(14)21)20(24)22(13-17-6-4-10-25-17)12-16-5-2-3-7-19(16)23/h2-3,5,7-9,11,17,23H,4,6,10,12-13H2,1H3. The molecule has 1 fully saturated rings. The molecule has 0 aromatic heterocycles. The van der Waals surface area contributed by atoms with Crippen molar-refractivity contribution < 1.29 is 19.0 Å². The molecule has 0 spiro atoms. The minimum atomic E-state index is -0.331. The van der Waals surface area contributed by atoms with E-state index in [2.05, 4.69) is 0 Å². The lowest BCUT2D eigenvalue weighted by atomic mass is 10.1. The number of amides is 1. The van der Waals surface area contributed by atoms with Gasteiger partial charge >= 0.3 is 0 Å². The number of phenols is 1. The third-order valence-electron chi connectivity index (χ3n) is 4.49. The maximum Gasteiger partial charge on any atom is 0.254 e. The van der Waals surface area contributed by atoms with Crippen LogP contribution >= 0.6 is 0 Å². The Kier molecular flexibility index (Phi) is 5.34. The number of phenolic OH excluding ortho intramolecular Hbond substituents is 1. The average Bonchev–Trinajstić information content (AvgIpc) is 3.11. The van der Waals surface area contributed by atoms with Crippen LogP contribution < -0.4 is 0 Å². The lowest BCUT2D eigenvalue weighted by molar-refractivity contribution is 0.0505. The zero-order valence-electron chi connectivity index (χ0n) is 14.2. The lowest BCUT2D eigenvalue weighted by Gasteiger charge is -2.26. The molecule has 1 unspecified atom stereocenters. The summed E-state index contributed by atoms with van der Waals surface area (Å²) in [4.78, 5) is 14.6. The number of benzene rings is 2. The quantitative estimate of drug-likeness (QED) is 0.901. The van der Waals surface area contributed by atoms with Gasteiger partial charge in [0.05, 0.1) is 6.10 Å². The Morgan fingerprint density at radius 2 is 2.12 bits per heavy atom. The summed E-state index contributed by atoms with van der Waals surface area (Å²) in [5, 5.41) is 10.0. The van der Waals surface area contributed by atoms with Crippen molar-refractivity contribution in [1.29, 1.82) is 0 Å². The molecular formula is C20H22FNO3. The first-order valence-corrected chi connectivity index (χ1v) is 8.48. The second kappa shape index (κ2) is 7.66. The first-order valence-electron chi connectivity index (χ1n) is 8.48. The van der Waals surface area contributed by atoms with Crippen molar-refractivity contribution in [1.82, 2.24) is 4.90 Å². The smallest absolute Gasteiger partial charge is 0.254 e. The molecule has 5 heteroatoms. The first kappa shape index (κ1) is 17.4.